The summed E-state index contributed by atoms with van der Waals surface area (Å²) >= 11 is 0. The predicted octanol–water partition coefficient (Wildman–Crippen LogP) is 3.21. The van der Waals surface area contributed by atoms with Crippen molar-refractivity contribution in [1.82, 2.24) is 0 Å². The van der Waals surface area contributed by atoms with Crippen LogP contribution in [0.5, 0.6) is 0 Å². The van der Waals surface area contributed by atoms with Crippen molar-refractivity contribution in [2.75, 3.05) is 24.6 Å². The Bertz CT molecular complexity index is 456. The van der Waals surface area contributed by atoms with Crippen LogP contribution in [0, 0.1) is 0 Å². The molecule has 3 heteroatoms. The lowest BCUT2D eigenvalue weighted by molar-refractivity contribution is 0.0550. The quantitative estimate of drug-likeness (QED) is 0.529. The highest BCUT2D eigenvalue weighted by Gasteiger charge is 2.15. The molecule has 1 aromatic rings. The van der Waals surface area contributed by atoms with E-state index in [-0.39, 0.29) is 12.6 Å². The van der Waals surface area contributed by atoms with E-state index in [0.29, 0.717) is 18.7 Å². The second kappa shape index (κ2) is 7.93. The highest BCUT2D eigenvalue weighted by Crippen LogP contribution is 2.21. The Morgan fingerprint density at radius 2 is 1.74 bits per heavy atom. The number of ether oxygens (including phenoxy) is 1. The summed E-state index contributed by atoms with van der Waals surface area (Å²) in [4.78, 5) is 14.0. The van der Waals surface area contributed by atoms with E-state index in [1.54, 1.807) is 24.3 Å². The van der Waals surface area contributed by atoms with Gasteiger partial charge in [-0.2, -0.15) is 0 Å². The van der Waals surface area contributed by atoms with Gasteiger partial charge in [0, 0.05) is 13.1 Å². The molecule has 0 unspecified atom stereocenters. The molecule has 0 aliphatic carbocycles. The molecule has 0 fully saturated rings. The van der Waals surface area contributed by atoms with Crippen LogP contribution in [-0.2, 0) is 4.74 Å². The highest BCUT2D eigenvalue weighted by atomic mass is 16.5. The summed E-state index contributed by atoms with van der Waals surface area (Å²) in [5.41, 5.74) is 1.35. The third-order valence-corrected chi connectivity index (χ3v) is 2.50. The van der Waals surface area contributed by atoms with E-state index >= 15 is 0 Å². The Morgan fingerprint density at radius 1 is 1.11 bits per heavy atom. The second-order valence-electron chi connectivity index (χ2n) is 3.89. The van der Waals surface area contributed by atoms with Crippen molar-refractivity contribution in [3.8, 4) is 0 Å². The van der Waals surface area contributed by atoms with Crippen LogP contribution in [0.1, 0.15) is 10.4 Å². The van der Waals surface area contributed by atoms with Crippen LogP contribution in [0.25, 0.3) is 0 Å². The number of hydrogen-bond donors (Lipinski definition) is 0. The van der Waals surface area contributed by atoms with Crippen molar-refractivity contribution in [3.63, 3.8) is 0 Å². The van der Waals surface area contributed by atoms with Crippen molar-refractivity contribution < 1.29 is 9.53 Å². The Kier molecular flexibility index (Phi) is 6.16. The molecule has 0 aromatic heterocycles. The average molecular weight is 257 g/mol. The first-order chi connectivity index (χ1) is 9.24. The van der Waals surface area contributed by atoms with Crippen molar-refractivity contribution in [3.05, 3.63) is 67.8 Å². The number of carbonyl (C=O) groups is 1. The Balaban J connectivity index is 3.04. The monoisotopic (exact) mass is 257 g/mol. The number of benzene rings is 1. The first kappa shape index (κ1) is 14.8. The standard InChI is InChI=1S/C16H19NO2/c1-4-11-17(12-5-2)15-10-8-7-9-14(15)16(18)19-13-6-3/h4-10H,1-3,11-13H2. The largest absolute Gasteiger partial charge is 0.458 e. The smallest absolute Gasteiger partial charge is 0.340 e. The molecule has 3 nitrogen and oxygen atoms in total. The maximum absolute atomic E-state index is 12.0. The van der Waals surface area contributed by atoms with Gasteiger partial charge in [-0.05, 0) is 12.1 Å². The van der Waals surface area contributed by atoms with Crippen LogP contribution < -0.4 is 4.90 Å². The van der Waals surface area contributed by atoms with Crippen molar-refractivity contribution in [1.29, 1.82) is 0 Å². The zero-order valence-corrected chi connectivity index (χ0v) is 11.0. The van der Waals surface area contributed by atoms with Gasteiger partial charge in [0.2, 0.25) is 0 Å². The molecule has 0 amide bonds. The molecule has 100 valence electrons. The van der Waals surface area contributed by atoms with Gasteiger partial charge in [0.1, 0.15) is 6.61 Å². The second-order valence-corrected chi connectivity index (χ2v) is 3.89. The maximum atomic E-state index is 12.0. The summed E-state index contributed by atoms with van der Waals surface area (Å²) < 4.78 is 5.09. The van der Waals surface area contributed by atoms with Crippen LogP contribution in [0.4, 0.5) is 5.69 Å². The molecule has 0 bridgehead atoms. The molecule has 0 atom stereocenters. The molecule has 0 saturated heterocycles. The predicted molar refractivity (Wildman–Crippen MR) is 79.5 cm³/mol. The van der Waals surface area contributed by atoms with Crippen molar-refractivity contribution in [2.45, 2.75) is 0 Å². The molecule has 1 aromatic carbocycles. The minimum atomic E-state index is -0.353. The molecule has 0 heterocycles. The molecule has 0 saturated carbocycles. The van der Waals surface area contributed by atoms with E-state index in [9.17, 15) is 4.79 Å². The summed E-state index contributed by atoms with van der Waals surface area (Å²) in [6.07, 6.45) is 5.12. The Morgan fingerprint density at radius 3 is 2.32 bits per heavy atom. The lowest BCUT2D eigenvalue weighted by Crippen LogP contribution is -2.25. The Labute approximate surface area is 114 Å². The van der Waals surface area contributed by atoms with Gasteiger partial charge in [-0.25, -0.2) is 4.79 Å². The van der Waals surface area contributed by atoms with Gasteiger partial charge >= 0.3 is 5.97 Å². The summed E-state index contributed by atoms with van der Waals surface area (Å²) in [7, 11) is 0. The lowest BCUT2D eigenvalue weighted by Gasteiger charge is -2.23. The molecule has 0 aliphatic rings. The zero-order valence-electron chi connectivity index (χ0n) is 11.0. The highest BCUT2D eigenvalue weighted by molar-refractivity contribution is 5.96. The van der Waals surface area contributed by atoms with Gasteiger partial charge in [-0.3, -0.25) is 0 Å². The fraction of sp³-hybridized carbons (Fsp3) is 0.188. The first-order valence-corrected chi connectivity index (χ1v) is 6.08. The topological polar surface area (TPSA) is 29.5 Å². The third kappa shape index (κ3) is 4.14. The molecule has 0 N–H and O–H groups in total. The molecule has 0 spiro atoms. The van der Waals surface area contributed by atoms with Gasteiger partial charge < -0.3 is 9.64 Å². The minimum absolute atomic E-state index is 0.204. The first-order valence-electron chi connectivity index (χ1n) is 6.08. The van der Waals surface area contributed by atoms with E-state index in [4.69, 9.17) is 4.74 Å². The number of hydrogen-bond acceptors (Lipinski definition) is 3. The number of anilines is 1. The van der Waals surface area contributed by atoms with Gasteiger partial charge in [0.15, 0.2) is 0 Å². The van der Waals surface area contributed by atoms with Crippen molar-refractivity contribution >= 4 is 11.7 Å². The summed E-state index contributed by atoms with van der Waals surface area (Å²) in [5.74, 6) is -0.353. The number of esters is 1. The van der Waals surface area contributed by atoms with Crippen LogP contribution in [0.3, 0.4) is 0 Å². The van der Waals surface area contributed by atoms with Crippen LogP contribution in [0.2, 0.25) is 0 Å². The Hall–Kier alpha value is -2.29. The number of nitrogens with zero attached hydrogens (tertiary/aromatic N) is 1. The molecule has 0 aliphatic heterocycles. The number of carbonyl (C=O) groups excluding carboxylic acids is 1. The number of rotatable bonds is 8. The maximum Gasteiger partial charge on any atom is 0.340 e. The minimum Gasteiger partial charge on any atom is -0.458 e. The average Bonchev–Trinajstić information content (AvgIpc) is 2.44. The van der Waals surface area contributed by atoms with Crippen molar-refractivity contribution in [2.24, 2.45) is 0 Å². The van der Waals surface area contributed by atoms with E-state index in [1.165, 1.54) is 0 Å². The summed E-state index contributed by atoms with van der Waals surface area (Å²) in [6, 6.07) is 7.34. The van der Waals surface area contributed by atoms with Gasteiger partial charge in [-0.1, -0.05) is 36.9 Å². The SMILES string of the molecule is C=CCOC(=O)c1ccccc1N(CC=C)CC=C. The third-order valence-electron chi connectivity index (χ3n) is 2.50. The van der Waals surface area contributed by atoms with Crippen LogP contribution in [0.15, 0.2) is 62.2 Å². The van der Waals surface area contributed by atoms with Gasteiger partial charge in [0.25, 0.3) is 0 Å². The van der Waals surface area contributed by atoms with Crippen LogP contribution >= 0.6 is 0 Å². The van der Waals surface area contributed by atoms with E-state index in [0.717, 1.165) is 5.69 Å². The van der Waals surface area contributed by atoms with E-state index in [2.05, 4.69) is 19.7 Å². The fourth-order valence-electron chi connectivity index (χ4n) is 1.72. The molecular formula is C16H19NO2. The normalized spacial score (nSPS) is 9.47. The molecule has 1 rings (SSSR count). The molecule has 0 radical (unpaired) electrons. The lowest BCUT2D eigenvalue weighted by atomic mass is 10.1. The summed E-state index contributed by atoms with van der Waals surface area (Å²) in [6.45, 7) is 12.5. The fourth-order valence-corrected chi connectivity index (χ4v) is 1.72. The van der Waals surface area contributed by atoms with Gasteiger partial charge in [-0.15, -0.1) is 13.2 Å². The molecular weight excluding hydrogens is 238 g/mol. The van der Waals surface area contributed by atoms with E-state index < -0.39 is 0 Å². The number of para-hydroxylation sites is 1. The summed E-state index contributed by atoms with van der Waals surface area (Å²) in [5, 5.41) is 0. The van der Waals surface area contributed by atoms with Gasteiger partial charge in [0.05, 0.1) is 11.3 Å². The van der Waals surface area contributed by atoms with Crippen LogP contribution in [-0.4, -0.2) is 25.7 Å². The van der Waals surface area contributed by atoms with E-state index in [1.807, 2.05) is 23.1 Å². The molecule has 19 heavy (non-hydrogen) atoms. The zero-order chi connectivity index (χ0) is 14.1.